The third kappa shape index (κ3) is 1.22. The number of benzene rings is 2. The fourth-order valence-electron chi connectivity index (χ4n) is 2.94. The van der Waals surface area contributed by atoms with Gasteiger partial charge in [-0.25, -0.2) is 0 Å². The van der Waals surface area contributed by atoms with Crippen molar-refractivity contribution in [3.05, 3.63) is 59.7 Å². The van der Waals surface area contributed by atoms with Crippen LogP contribution in [0, 0.1) is 0 Å². The van der Waals surface area contributed by atoms with Gasteiger partial charge in [-0.05, 0) is 22.3 Å². The molecule has 2 aromatic rings. The molecule has 2 heteroatoms. The van der Waals surface area contributed by atoms with Crippen LogP contribution in [0.2, 0.25) is 0 Å². The standard InChI is InChI=1S/C15H16N2/c16-9-15(10-17)13-7-3-1-5-11(13)12-6-2-4-8-14(12)15/h1-8H,9-10,16-17H2. The van der Waals surface area contributed by atoms with Crippen LogP contribution in [0.5, 0.6) is 0 Å². The van der Waals surface area contributed by atoms with E-state index in [1.54, 1.807) is 0 Å². The average Bonchev–Trinajstić information content (AvgIpc) is 2.70. The van der Waals surface area contributed by atoms with Gasteiger partial charge in [0.05, 0.1) is 0 Å². The van der Waals surface area contributed by atoms with Crippen LogP contribution in [0.3, 0.4) is 0 Å². The summed E-state index contributed by atoms with van der Waals surface area (Å²) in [6.45, 7) is 1.11. The second kappa shape index (κ2) is 3.69. The minimum Gasteiger partial charge on any atom is -0.329 e. The van der Waals surface area contributed by atoms with Crippen LogP contribution in [0.4, 0.5) is 0 Å². The first-order chi connectivity index (χ1) is 8.33. The Morgan fingerprint density at radius 3 is 1.53 bits per heavy atom. The zero-order valence-electron chi connectivity index (χ0n) is 9.69. The summed E-state index contributed by atoms with van der Waals surface area (Å²) >= 11 is 0. The van der Waals surface area contributed by atoms with Crippen molar-refractivity contribution in [2.45, 2.75) is 5.41 Å². The van der Waals surface area contributed by atoms with Gasteiger partial charge in [0.15, 0.2) is 0 Å². The van der Waals surface area contributed by atoms with Crippen LogP contribution < -0.4 is 11.5 Å². The smallest absolute Gasteiger partial charge is 0.0459 e. The Balaban J connectivity index is 2.38. The van der Waals surface area contributed by atoms with Crippen molar-refractivity contribution in [3.8, 4) is 11.1 Å². The topological polar surface area (TPSA) is 52.0 Å². The van der Waals surface area contributed by atoms with Crippen LogP contribution in [0.15, 0.2) is 48.5 Å². The molecule has 0 spiro atoms. The summed E-state index contributed by atoms with van der Waals surface area (Å²) in [5.41, 5.74) is 16.9. The van der Waals surface area contributed by atoms with E-state index in [0.717, 1.165) is 0 Å². The molecule has 1 aliphatic rings. The average molecular weight is 224 g/mol. The van der Waals surface area contributed by atoms with Crippen molar-refractivity contribution in [1.82, 2.24) is 0 Å². The lowest BCUT2D eigenvalue weighted by atomic mass is 9.78. The highest BCUT2D eigenvalue weighted by atomic mass is 14.7. The highest BCUT2D eigenvalue weighted by Crippen LogP contribution is 2.47. The molecule has 0 bridgehead atoms. The summed E-state index contributed by atoms with van der Waals surface area (Å²) in [6.07, 6.45) is 0. The normalized spacial score (nSPS) is 15.4. The highest BCUT2D eigenvalue weighted by molar-refractivity contribution is 5.81. The van der Waals surface area contributed by atoms with Crippen LogP contribution in [0.1, 0.15) is 11.1 Å². The Morgan fingerprint density at radius 1 is 0.706 bits per heavy atom. The molecular weight excluding hydrogens is 208 g/mol. The van der Waals surface area contributed by atoms with Gasteiger partial charge in [0.2, 0.25) is 0 Å². The van der Waals surface area contributed by atoms with Crippen molar-refractivity contribution < 1.29 is 0 Å². The van der Waals surface area contributed by atoms with E-state index in [2.05, 4.69) is 48.5 Å². The van der Waals surface area contributed by atoms with Gasteiger partial charge in [-0.1, -0.05) is 48.5 Å². The fourth-order valence-corrected chi connectivity index (χ4v) is 2.94. The van der Waals surface area contributed by atoms with Crippen molar-refractivity contribution in [3.63, 3.8) is 0 Å². The molecule has 1 aliphatic carbocycles. The van der Waals surface area contributed by atoms with Gasteiger partial charge in [0, 0.05) is 18.5 Å². The summed E-state index contributed by atoms with van der Waals surface area (Å²) in [7, 11) is 0. The van der Waals surface area contributed by atoms with Gasteiger partial charge in [-0.2, -0.15) is 0 Å². The van der Waals surface area contributed by atoms with Crippen molar-refractivity contribution in [1.29, 1.82) is 0 Å². The molecule has 2 nitrogen and oxygen atoms in total. The van der Waals surface area contributed by atoms with Crippen LogP contribution >= 0.6 is 0 Å². The van der Waals surface area contributed by atoms with Crippen molar-refractivity contribution in [2.75, 3.05) is 13.1 Å². The van der Waals surface area contributed by atoms with Crippen molar-refractivity contribution >= 4 is 0 Å². The lowest BCUT2D eigenvalue weighted by Crippen LogP contribution is -2.41. The summed E-state index contributed by atoms with van der Waals surface area (Å²) < 4.78 is 0. The number of rotatable bonds is 2. The number of fused-ring (bicyclic) bond motifs is 3. The Hall–Kier alpha value is -1.64. The molecule has 0 aromatic heterocycles. The second-order valence-electron chi connectivity index (χ2n) is 4.58. The third-order valence-electron chi connectivity index (χ3n) is 3.87. The van der Waals surface area contributed by atoms with Crippen LogP contribution in [-0.4, -0.2) is 13.1 Å². The van der Waals surface area contributed by atoms with E-state index >= 15 is 0 Å². The van der Waals surface area contributed by atoms with E-state index < -0.39 is 0 Å². The molecule has 3 rings (SSSR count). The molecule has 4 N–H and O–H groups in total. The summed E-state index contributed by atoms with van der Waals surface area (Å²) in [6, 6.07) is 16.9. The SMILES string of the molecule is NCC1(CN)c2ccccc2-c2ccccc21. The predicted molar refractivity (Wildman–Crippen MR) is 70.8 cm³/mol. The summed E-state index contributed by atoms with van der Waals surface area (Å²) in [5.74, 6) is 0. The lowest BCUT2D eigenvalue weighted by molar-refractivity contribution is 0.551. The van der Waals surface area contributed by atoms with Gasteiger partial charge in [-0.3, -0.25) is 0 Å². The Labute approximate surface area is 101 Å². The van der Waals surface area contributed by atoms with E-state index in [0.29, 0.717) is 13.1 Å². The molecular formula is C15H16N2. The molecule has 0 saturated heterocycles. The minimum absolute atomic E-state index is 0.201. The van der Waals surface area contributed by atoms with Crippen LogP contribution in [-0.2, 0) is 5.41 Å². The molecule has 86 valence electrons. The van der Waals surface area contributed by atoms with E-state index in [1.165, 1.54) is 22.3 Å². The quantitative estimate of drug-likeness (QED) is 0.818. The van der Waals surface area contributed by atoms with Gasteiger partial charge >= 0.3 is 0 Å². The maximum atomic E-state index is 6.03. The molecule has 0 aliphatic heterocycles. The number of hydrogen-bond acceptors (Lipinski definition) is 2. The third-order valence-corrected chi connectivity index (χ3v) is 3.87. The fraction of sp³-hybridized carbons (Fsp3) is 0.200. The monoisotopic (exact) mass is 224 g/mol. The van der Waals surface area contributed by atoms with E-state index in [4.69, 9.17) is 11.5 Å². The van der Waals surface area contributed by atoms with Gasteiger partial charge in [0.1, 0.15) is 0 Å². The lowest BCUT2D eigenvalue weighted by Gasteiger charge is -2.28. The molecule has 0 fully saturated rings. The number of nitrogens with two attached hydrogens (primary N) is 2. The van der Waals surface area contributed by atoms with Gasteiger partial charge in [0.25, 0.3) is 0 Å². The molecule has 0 atom stereocenters. The zero-order chi connectivity index (χ0) is 11.9. The first-order valence-corrected chi connectivity index (χ1v) is 5.93. The minimum atomic E-state index is -0.201. The summed E-state index contributed by atoms with van der Waals surface area (Å²) in [4.78, 5) is 0. The second-order valence-corrected chi connectivity index (χ2v) is 4.58. The predicted octanol–water partition coefficient (Wildman–Crippen LogP) is 1.87. The molecule has 0 saturated carbocycles. The number of hydrogen-bond donors (Lipinski definition) is 2. The molecule has 0 unspecified atom stereocenters. The first-order valence-electron chi connectivity index (χ1n) is 5.93. The Bertz CT molecular complexity index is 509. The first kappa shape index (κ1) is 10.5. The molecule has 17 heavy (non-hydrogen) atoms. The van der Waals surface area contributed by atoms with Crippen molar-refractivity contribution in [2.24, 2.45) is 11.5 Å². The zero-order valence-corrected chi connectivity index (χ0v) is 9.69. The van der Waals surface area contributed by atoms with Gasteiger partial charge in [-0.15, -0.1) is 0 Å². The maximum absolute atomic E-state index is 6.03. The van der Waals surface area contributed by atoms with Gasteiger partial charge < -0.3 is 11.5 Å². The Morgan fingerprint density at radius 2 is 1.12 bits per heavy atom. The van der Waals surface area contributed by atoms with Crippen LogP contribution in [0.25, 0.3) is 11.1 Å². The maximum Gasteiger partial charge on any atom is 0.0459 e. The summed E-state index contributed by atoms with van der Waals surface area (Å²) in [5, 5.41) is 0. The van der Waals surface area contributed by atoms with E-state index in [1.807, 2.05) is 0 Å². The molecule has 0 amide bonds. The van der Waals surface area contributed by atoms with E-state index in [9.17, 15) is 0 Å². The molecule has 0 heterocycles. The Kier molecular flexibility index (Phi) is 2.28. The molecule has 2 aromatic carbocycles. The highest BCUT2D eigenvalue weighted by Gasteiger charge is 2.40. The largest absolute Gasteiger partial charge is 0.329 e. The molecule has 0 radical (unpaired) electrons. The van der Waals surface area contributed by atoms with E-state index in [-0.39, 0.29) is 5.41 Å².